The number of ether oxygens (including phenoxy) is 3. The van der Waals surface area contributed by atoms with Gasteiger partial charge in [-0.25, -0.2) is 13.6 Å². The highest BCUT2D eigenvalue weighted by Gasteiger charge is 2.33. The number of hydrogen-bond acceptors (Lipinski definition) is 6. The first-order chi connectivity index (χ1) is 15.4. The molecular formula is C24H16F2N2O4. The maximum absolute atomic E-state index is 14.5. The first-order valence-corrected chi connectivity index (χ1v) is 9.44. The van der Waals surface area contributed by atoms with Crippen LogP contribution in [0.5, 0.6) is 17.2 Å². The number of hydrogen-bond donors (Lipinski definition) is 1. The number of benzene rings is 3. The Morgan fingerprint density at radius 3 is 2.56 bits per heavy atom. The van der Waals surface area contributed by atoms with Crippen molar-refractivity contribution in [3.05, 3.63) is 100 Å². The summed E-state index contributed by atoms with van der Waals surface area (Å²) in [5, 5.41) is 9.57. The molecule has 32 heavy (non-hydrogen) atoms. The van der Waals surface area contributed by atoms with Gasteiger partial charge in [0.15, 0.2) is 0 Å². The predicted octanol–water partition coefficient (Wildman–Crippen LogP) is 4.41. The van der Waals surface area contributed by atoms with E-state index in [-0.39, 0.29) is 34.1 Å². The molecule has 160 valence electrons. The van der Waals surface area contributed by atoms with Crippen molar-refractivity contribution in [3.63, 3.8) is 0 Å². The topological polar surface area (TPSA) is 94.6 Å². The van der Waals surface area contributed by atoms with Crippen LogP contribution in [0.15, 0.2) is 72.1 Å². The molecule has 0 aliphatic carbocycles. The first-order valence-electron chi connectivity index (χ1n) is 9.44. The number of allylic oxidation sites excluding steroid dienone is 1. The van der Waals surface area contributed by atoms with Crippen LogP contribution in [-0.2, 0) is 0 Å². The molecule has 0 saturated carbocycles. The summed E-state index contributed by atoms with van der Waals surface area (Å²) in [5.74, 6) is -2.68. The van der Waals surface area contributed by atoms with Crippen molar-refractivity contribution in [2.45, 2.75) is 5.92 Å². The summed E-state index contributed by atoms with van der Waals surface area (Å²) in [7, 11) is 1.44. The maximum atomic E-state index is 14.5. The first kappa shape index (κ1) is 20.9. The van der Waals surface area contributed by atoms with Crippen LogP contribution in [-0.4, -0.2) is 13.1 Å². The molecule has 1 aliphatic rings. The maximum Gasteiger partial charge on any atom is 0.347 e. The standard InChI is InChI=1S/C24H16F2N2O4/c1-30-20-5-3-2-4-17(20)24(29)31-14-7-9-16-21(11-14)32-23(28)18(12-27)22(16)15-8-6-13(25)10-19(15)26/h2-11,22H,28H2,1H3. The summed E-state index contributed by atoms with van der Waals surface area (Å²) in [5.41, 5.74) is 6.60. The van der Waals surface area contributed by atoms with Crippen LogP contribution in [0.4, 0.5) is 8.78 Å². The molecule has 0 amide bonds. The minimum Gasteiger partial charge on any atom is -0.496 e. The summed E-state index contributed by atoms with van der Waals surface area (Å²) in [4.78, 5) is 12.6. The normalized spacial score (nSPS) is 14.8. The monoisotopic (exact) mass is 434 g/mol. The number of fused-ring (bicyclic) bond motifs is 1. The van der Waals surface area contributed by atoms with E-state index in [1.807, 2.05) is 6.07 Å². The van der Waals surface area contributed by atoms with Gasteiger partial charge in [-0.1, -0.05) is 24.3 Å². The van der Waals surface area contributed by atoms with Crippen molar-refractivity contribution >= 4 is 5.97 Å². The quantitative estimate of drug-likeness (QED) is 0.483. The van der Waals surface area contributed by atoms with Gasteiger partial charge in [-0.05, 0) is 24.3 Å². The molecule has 3 aromatic rings. The van der Waals surface area contributed by atoms with Crippen LogP contribution in [0, 0.1) is 23.0 Å². The molecule has 2 N–H and O–H groups in total. The molecule has 8 heteroatoms. The van der Waals surface area contributed by atoms with Crippen LogP contribution < -0.4 is 19.9 Å². The molecule has 3 aromatic carbocycles. The number of nitriles is 1. The lowest BCUT2D eigenvalue weighted by Gasteiger charge is -2.27. The molecule has 1 unspecified atom stereocenters. The van der Waals surface area contributed by atoms with Crippen LogP contribution in [0.2, 0.25) is 0 Å². The van der Waals surface area contributed by atoms with Crippen LogP contribution in [0.3, 0.4) is 0 Å². The lowest BCUT2D eigenvalue weighted by Crippen LogP contribution is -2.22. The minimum absolute atomic E-state index is 0.0122. The fourth-order valence-corrected chi connectivity index (χ4v) is 3.53. The van der Waals surface area contributed by atoms with Gasteiger partial charge in [0, 0.05) is 23.3 Å². The van der Waals surface area contributed by atoms with E-state index < -0.39 is 23.5 Å². The highest BCUT2D eigenvalue weighted by molar-refractivity contribution is 5.94. The van der Waals surface area contributed by atoms with E-state index in [0.717, 1.165) is 12.1 Å². The minimum atomic E-state index is -0.914. The molecule has 4 rings (SSSR count). The largest absolute Gasteiger partial charge is 0.496 e. The third kappa shape index (κ3) is 3.72. The smallest absolute Gasteiger partial charge is 0.347 e. The highest BCUT2D eigenvalue weighted by atomic mass is 19.1. The Balaban J connectivity index is 1.72. The SMILES string of the molecule is COc1ccccc1C(=O)Oc1ccc2c(c1)OC(N)=C(C#N)C2c1ccc(F)cc1F. The third-order valence-electron chi connectivity index (χ3n) is 5.00. The van der Waals surface area contributed by atoms with Gasteiger partial charge in [-0.2, -0.15) is 5.26 Å². The molecule has 0 saturated heterocycles. The Bertz CT molecular complexity index is 1300. The van der Waals surface area contributed by atoms with E-state index in [9.17, 15) is 18.8 Å². The Morgan fingerprint density at radius 2 is 1.84 bits per heavy atom. The number of esters is 1. The Hall–Kier alpha value is -4.38. The summed E-state index contributed by atoms with van der Waals surface area (Å²) in [6, 6.07) is 16.0. The number of nitrogens with two attached hydrogens (primary N) is 1. The van der Waals surface area contributed by atoms with Gasteiger partial charge in [0.05, 0.1) is 13.0 Å². The number of para-hydroxylation sites is 1. The highest BCUT2D eigenvalue weighted by Crippen LogP contribution is 2.44. The average molecular weight is 434 g/mol. The number of carbonyl (C=O) groups is 1. The summed E-state index contributed by atoms with van der Waals surface area (Å²) < 4.78 is 44.1. The van der Waals surface area contributed by atoms with Crippen molar-refractivity contribution in [2.75, 3.05) is 7.11 Å². The van der Waals surface area contributed by atoms with E-state index >= 15 is 0 Å². The molecule has 1 aliphatic heterocycles. The zero-order chi connectivity index (χ0) is 22.8. The van der Waals surface area contributed by atoms with Gasteiger partial charge in [-0.15, -0.1) is 0 Å². The van der Waals surface area contributed by atoms with E-state index in [2.05, 4.69) is 0 Å². The molecule has 0 bridgehead atoms. The van der Waals surface area contributed by atoms with Gasteiger partial charge < -0.3 is 19.9 Å². The second kappa shape index (κ2) is 8.40. The van der Waals surface area contributed by atoms with Gasteiger partial charge in [0.1, 0.15) is 46.1 Å². The van der Waals surface area contributed by atoms with Gasteiger partial charge in [0.25, 0.3) is 0 Å². The van der Waals surface area contributed by atoms with Crippen LogP contribution in [0.25, 0.3) is 0 Å². The van der Waals surface area contributed by atoms with E-state index in [1.165, 1.54) is 31.4 Å². The van der Waals surface area contributed by atoms with Crippen molar-refractivity contribution in [1.82, 2.24) is 0 Å². The molecular weight excluding hydrogens is 418 g/mol. The predicted molar refractivity (Wildman–Crippen MR) is 110 cm³/mol. The Labute approximate surface area is 182 Å². The molecule has 0 aromatic heterocycles. The van der Waals surface area contributed by atoms with Crippen molar-refractivity contribution in [3.8, 4) is 23.3 Å². The van der Waals surface area contributed by atoms with Crippen molar-refractivity contribution in [1.29, 1.82) is 5.26 Å². The lowest BCUT2D eigenvalue weighted by atomic mass is 9.83. The van der Waals surface area contributed by atoms with Crippen LogP contribution in [0.1, 0.15) is 27.4 Å². The summed E-state index contributed by atoms with van der Waals surface area (Å²) in [6.45, 7) is 0. The van der Waals surface area contributed by atoms with Crippen molar-refractivity contribution in [2.24, 2.45) is 5.73 Å². The number of carbonyl (C=O) groups excluding carboxylic acids is 1. The lowest BCUT2D eigenvalue weighted by molar-refractivity contribution is 0.0731. The second-order valence-corrected chi connectivity index (χ2v) is 6.88. The van der Waals surface area contributed by atoms with E-state index in [0.29, 0.717) is 11.3 Å². The van der Waals surface area contributed by atoms with Crippen molar-refractivity contribution < 1.29 is 27.8 Å². The molecule has 0 spiro atoms. The molecule has 6 nitrogen and oxygen atoms in total. The number of methoxy groups -OCH3 is 1. The Morgan fingerprint density at radius 1 is 1.09 bits per heavy atom. The fourth-order valence-electron chi connectivity index (χ4n) is 3.53. The van der Waals surface area contributed by atoms with Gasteiger partial charge >= 0.3 is 5.97 Å². The fraction of sp³-hybridized carbons (Fsp3) is 0.0833. The third-order valence-corrected chi connectivity index (χ3v) is 5.00. The zero-order valence-corrected chi connectivity index (χ0v) is 16.8. The summed E-state index contributed by atoms with van der Waals surface area (Å²) in [6.07, 6.45) is 0. The van der Waals surface area contributed by atoms with E-state index in [1.54, 1.807) is 24.3 Å². The summed E-state index contributed by atoms with van der Waals surface area (Å²) >= 11 is 0. The molecule has 0 fully saturated rings. The number of nitrogens with zero attached hydrogens (tertiary/aromatic N) is 1. The van der Waals surface area contributed by atoms with Crippen LogP contribution >= 0.6 is 0 Å². The molecule has 0 radical (unpaired) electrons. The number of rotatable bonds is 4. The molecule has 1 heterocycles. The van der Waals surface area contributed by atoms with Gasteiger partial charge in [0.2, 0.25) is 5.88 Å². The second-order valence-electron chi connectivity index (χ2n) is 6.88. The molecule has 1 atom stereocenters. The van der Waals surface area contributed by atoms with E-state index in [4.69, 9.17) is 19.9 Å². The average Bonchev–Trinajstić information content (AvgIpc) is 2.78. The van der Waals surface area contributed by atoms with Gasteiger partial charge in [-0.3, -0.25) is 0 Å². The zero-order valence-electron chi connectivity index (χ0n) is 16.8. The Kier molecular flexibility index (Phi) is 5.48. The number of halogens is 2.